The predicted octanol–water partition coefficient (Wildman–Crippen LogP) is 2.60. The molecule has 138 valence electrons. The lowest BCUT2D eigenvalue weighted by Crippen LogP contribution is -2.54. The first kappa shape index (κ1) is 18.0. The molecule has 2 saturated heterocycles. The predicted molar refractivity (Wildman–Crippen MR) is 86.4 cm³/mol. The maximum atomic E-state index is 12.9. The first-order chi connectivity index (χ1) is 11.8. The maximum absolute atomic E-state index is 12.9. The molecule has 25 heavy (non-hydrogen) atoms. The first-order valence-corrected chi connectivity index (χ1v) is 8.61. The zero-order chi connectivity index (χ0) is 18.1. The van der Waals surface area contributed by atoms with Crippen LogP contribution in [0, 0.1) is 0 Å². The van der Waals surface area contributed by atoms with Crippen LogP contribution in [0.3, 0.4) is 0 Å². The van der Waals surface area contributed by atoms with Crippen LogP contribution >= 0.6 is 0 Å². The molecule has 8 heteroatoms. The second-order valence-electron chi connectivity index (χ2n) is 6.75. The molecule has 1 amide bonds. The van der Waals surface area contributed by atoms with Gasteiger partial charge in [0.2, 0.25) is 0 Å². The number of alkyl halides is 3. The van der Waals surface area contributed by atoms with Gasteiger partial charge in [-0.1, -0.05) is 6.07 Å². The second-order valence-corrected chi connectivity index (χ2v) is 6.75. The Bertz CT molecular complexity index is 622. The highest BCUT2D eigenvalue weighted by Crippen LogP contribution is 2.38. The number of halogens is 3. The quantitative estimate of drug-likeness (QED) is 0.884. The van der Waals surface area contributed by atoms with Crippen molar-refractivity contribution in [2.45, 2.75) is 43.9 Å². The van der Waals surface area contributed by atoms with Gasteiger partial charge in [0.1, 0.15) is 11.5 Å². The molecule has 2 aliphatic rings. The highest BCUT2D eigenvalue weighted by atomic mass is 19.4. The van der Waals surface area contributed by atoms with Crippen molar-refractivity contribution in [1.82, 2.24) is 9.88 Å². The zero-order valence-corrected chi connectivity index (χ0v) is 13.9. The van der Waals surface area contributed by atoms with E-state index in [9.17, 15) is 23.1 Å². The van der Waals surface area contributed by atoms with E-state index in [-0.39, 0.29) is 24.7 Å². The van der Waals surface area contributed by atoms with Crippen LogP contribution in [0.1, 0.15) is 42.6 Å². The average Bonchev–Trinajstić information content (AvgIpc) is 2.62. The molecule has 1 aromatic heterocycles. The SMILES string of the molecule is O=C(c1cccc(N2CCCCC2)n1)N1CCC(O)(C(F)(F)F)CC1. The summed E-state index contributed by atoms with van der Waals surface area (Å²) in [5.41, 5.74) is -2.46. The number of piperidine rings is 2. The van der Waals surface area contributed by atoms with E-state index in [0.717, 1.165) is 31.7 Å². The van der Waals surface area contributed by atoms with Crippen molar-refractivity contribution in [3.05, 3.63) is 23.9 Å². The summed E-state index contributed by atoms with van der Waals surface area (Å²) in [7, 11) is 0. The molecule has 3 heterocycles. The molecule has 0 saturated carbocycles. The van der Waals surface area contributed by atoms with E-state index in [2.05, 4.69) is 9.88 Å². The minimum absolute atomic E-state index is 0.134. The van der Waals surface area contributed by atoms with E-state index in [1.165, 1.54) is 11.3 Å². The molecule has 1 aromatic rings. The Morgan fingerprint density at radius 1 is 1.08 bits per heavy atom. The Morgan fingerprint density at radius 3 is 2.32 bits per heavy atom. The monoisotopic (exact) mass is 357 g/mol. The highest BCUT2D eigenvalue weighted by molar-refractivity contribution is 5.92. The standard InChI is InChI=1S/C17H22F3N3O2/c18-17(19,20)16(25)7-11-23(12-8-16)15(24)13-5-4-6-14(21-13)22-9-2-1-3-10-22/h4-6,25H,1-3,7-12H2. The van der Waals surface area contributed by atoms with Crippen molar-refractivity contribution >= 4 is 11.7 Å². The summed E-state index contributed by atoms with van der Waals surface area (Å²) in [6.07, 6.45) is -2.33. The van der Waals surface area contributed by atoms with Crippen LogP contribution in [-0.2, 0) is 0 Å². The Kier molecular flexibility index (Phi) is 4.90. The molecule has 1 N–H and O–H groups in total. The van der Waals surface area contributed by atoms with Crippen LogP contribution in [0.15, 0.2) is 18.2 Å². The van der Waals surface area contributed by atoms with Gasteiger partial charge in [0, 0.05) is 39.0 Å². The lowest BCUT2D eigenvalue weighted by Gasteiger charge is -2.39. The van der Waals surface area contributed by atoms with E-state index in [1.807, 2.05) is 6.07 Å². The largest absolute Gasteiger partial charge is 0.417 e. The van der Waals surface area contributed by atoms with Crippen molar-refractivity contribution in [2.24, 2.45) is 0 Å². The van der Waals surface area contributed by atoms with Crippen LogP contribution in [0.25, 0.3) is 0 Å². The number of likely N-dealkylation sites (tertiary alicyclic amines) is 1. The number of carbonyl (C=O) groups is 1. The van der Waals surface area contributed by atoms with Crippen LogP contribution < -0.4 is 4.90 Å². The number of hydrogen-bond donors (Lipinski definition) is 1. The molecule has 0 spiro atoms. The Morgan fingerprint density at radius 2 is 1.72 bits per heavy atom. The zero-order valence-electron chi connectivity index (χ0n) is 13.9. The summed E-state index contributed by atoms with van der Waals surface area (Å²) in [6.45, 7) is 1.52. The molecule has 5 nitrogen and oxygen atoms in total. The number of anilines is 1. The average molecular weight is 357 g/mol. The molecule has 2 fully saturated rings. The fourth-order valence-electron chi connectivity index (χ4n) is 3.37. The van der Waals surface area contributed by atoms with Crippen molar-refractivity contribution < 1.29 is 23.1 Å². The third-order valence-corrected chi connectivity index (χ3v) is 5.04. The van der Waals surface area contributed by atoms with Crippen LogP contribution in [-0.4, -0.2) is 58.9 Å². The van der Waals surface area contributed by atoms with Crippen LogP contribution in [0.4, 0.5) is 19.0 Å². The van der Waals surface area contributed by atoms with Crippen molar-refractivity contribution in [1.29, 1.82) is 0 Å². The van der Waals surface area contributed by atoms with E-state index in [1.54, 1.807) is 12.1 Å². The number of pyridine rings is 1. The Balaban J connectivity index is 1.68. The summed E-state index contributed by atoms with van der Waals surface area (Å²) in [5.74, 6) is 0.345. The fourth-order valence-corrected chi connectivity index (χ4v) is 3.37. The third kappa shape index (κ3) is 3.73. The first-order valence-electron chi connectivity index (χ1n) is 8.61. The summed E-state index contributed by atoms with van der Waals surface area (Å²) in [5, 5.41) is 9.71. The smallest absolute Gasteiger partial charge is 0.380 e. The lowest BCUT2D eigenvalue weighted by molar-refractivity contribution is -0.271. The second kappa shape index (κ2) is 6.82. The van der Waals surface area contributed by atoms with Crippen molar-refractivity contribution in [3.63, 3.8) is 0 Å². The van der Waals surface area contributed by atoms with Gasteiger partial charge in [0.25, 0.3) is 5.91 Å². The van der Waals surface area contributed by atoms with Gasteiger partial charge in [-0.15, -0.1) is 0 Å². The normalized spacial score (nSPS) is 21.3. The highest BCUT2D eigenvalue weighted by Gasteiger charge is 2.54. The van der Waals surface area contributed by atoms with Gasteiger partial charge in [-0.05, 0) is 31.4 Å². The van der Waals surface area contributed by atoms with Gasteiger partial charge in [0.05, 0.1) is 0 Å². The Labute approximate surface area is 144 Å². The lowest BCUT2D eigenvalue weighted by atomic mass is 9.90. The van der Waals surface area contributed by atoms with Gasteiger partial charge in [0.15, 0.2) is 5.60 Å². The molecule has 2 aliphatic heterocycles. The maximum Gasteiger partial charge on any atom is 0.417 e. The molecular weight excluding hydrogens is 335 g/mol. The molecular formula is C17H22F3N3O2. The summed E-state index contributed by atoms with van der Waals surface area (Å²) in [6, 6.07) is 5.18. The topological polar surface area (TPSA) is 56.7 Å². The molecule has 0 bridgehead atoms. The number of carbonyl (C=O) groups excluding carboxylic acids is 1. The number of aliphatic hydroxyl groups is 1. The van der Waals surface area contributed by atoms with Crippen molar-refractivity contribution in [2.75, 3.05) is 31.1 Å². The van der Waals surface area contributed by atoms with Crippen LogP contribution in [0.2, 0.25) is 0 Å². The molecule has 0 aliphatic carbocycles. The Hall–Kier alpha value is -1.83. The number of aromatic nitrogens is 1. The van der Waals surface area contributed by atoms with Gasteiger partial charge in [-0.2, -0.15) is 13.2 Å². The van der Waals surface area contributed by atoms with Gasteiger partial charge in [-0.25, -0.2) is 4.98 Å². The molecule has 0 aromatic carbocycles. The van der Waals surface area contributed by atoms with Crippen molar-refractivity contribution in [3.8, 4) is 0 Å². The number of amides is 1. The minimum atomic E-state index is -4.67. The number of rotatable bonds is 2. The van der Waals surface area contributed by atoms with Gasteiger partial charge < -0.3 is 14.9 Å². The van der Waals surface area contributed by atoms with E-state index in [4.69, 9.17) is 0 Å². The minimum Gasteiger partial charge on any atom is -0.380 e. The van der Waals surface area contributed by atoms with E-state index < -0.39 is 24.6 Å². The molecule has 0 unspecified atom stereocenters. The molecule has 0 atom stereocenters. The van der Waals surface area contributed by atoms with Gasteiger partial charge >= 0.3 is 6.18 Å². The van der Waals surface area contributed by atoms with Gasteiger partial charge in [-0.3, -0.25) is 4.79 Å². The van der Waals surface area contributed by atoms with E-state index >= 15 is 0 Å². The van der Waals surface area contributed by atoms with Crippen LogP contribution in [0.5, 0.6) is 0 Å². The summed E-state index contributed by atoms with van der Waals surface area (Å²) < 4.78 is 38.6. The summed E-state index contributed by atoms with van der Waals surface area (Å²) >= 11 is 0. The molecule has 3 rings (SSSR count). The number of nitrogens with zero attached hydrogens (tertiary/aromatic N) is 3. The van der Waals surface area contributed by atoms with E-state index in [0.29, 0.717) is 0 Å². The third-order valence-electron chi connectivity index (χ3n) is 5.04. The number of hydrogen-bond acceptors (Lipinski definition) is 4. The summed E-state index contributed by atoms with van der Waals surface area (Å²) in [4.78, 5) is 20.4. The fraction of sp³-hybridized carbons (Fsp3) is 0.647. The molecule has 0 radical (unpaired) electrons.